The lowest BCUT2D eigenvalue weighted by Crippen LogP contribution is -2.07. The van der Waals surface area contributed by atoms with E-state index in [4.69, 9.17) is 10.00 Å². The van der Waals surface area contributed by atoms with Gasteiger partial charge in [-0.15, -0.1) is 0 Å². The fraction of sp³-hybridized carbons (Fsp3) is 0.200. The minimum atomic E-state index is -1.02. The van der Waals surface area contributed by atoms with Crippen LogP contribution in [0.15, 0.2) is 60.7 Å². The maximum absolute atomic E-state index is 14.4. The number of benzene rings is 3. The summed E-state index contributed by atoms with van der Waals surface area (Å²) in [5, 5.41) is 8.75. The largest absolute Gasteiger partial charge is 0.427 e. The van der Waals surface area contributed by atoms with Crippen molar-refractivity contribution in [3.05, 3.63) is 89.2 Å². The van der Waals surface area contributed by atoms with Gasteiger partial charge in [-0.25, -0.2) is 13.2 Å². The Balaban J connectivity index is 1.43. The van der Waals surface area contributed by atoms with E-state index in [1.54, 1.807) is 36.4 Å². The van der Waals surface area contributed by atoms with E-state index in [1.165, 1.54) is 12.1 Å². The quantitative estimate of drug-likeness (QED) is 0.241. The average Bonchev–Trinajstić information content (AvgIpc) is 2.76. The number of hydrogen-bond donors (Lipinski definition) is 0. The number of carbonyl (C=O) groups excluding carboxylic acids is 1. The SMILES string of the molecule is N#Cc1ccc(OC(=O)CCCCCc2ccc(-c3ccc(F)c(F)c3)c(F)c2)cc1. The van der Waals surface area contributed by atoms with Crippen molar-refractivity contribution in [1.82, 2.24) is 0 Å². The Hall–Kier alpha value is -3.59. The van der Waals surface area contributed by atoms with E-state index < -0.39 is 17.5 Å². The lowest BCUT2D eigenvalue weighted by Gasteiger charge is -2.08. The van der Waals surface area contributed by atoms with Crippen LogP contribution < -0.4 is 4.74 Å². The molecule has 3 aromatic rings. The topological polar surface area (TPSA) is 50.1 Å². The Kier molecular flexibility index (Phi) is 7.45. The Labute approximate surface area is 178 Å². The number of aryl methyl sites for hydroxylation is 1. The molecule has 0 aromatic heterocycles. The van der Waals surface area contributed by atoms with Crippen LogP contribution >= 0.6 is 0 Å². The molecule has 0 aliphatic heterocycles. The number of nitrogens with zero attached hydrogens (tertiary/aromatic N) is 1. The van der Waals surface area contributed by atoms with E-state index in [-0.39, 0.29) is 23.5 Å². The Morgan fingerprint density at radius 2 is 1.61 bits per heavy atom. The minimum absolute atomic E-state index is 0.216. The zero-order valence-electron chi connectivity index (χ0n) is 16.7. The van der Waals surface area contributed by atoms with Gasteiger partial charge in [0.1, 0.15) is 11.6 Å². The molecule has 0 spiro atoms. The second kappa shape index (κ2) is 10.4. The summed E-state index contributed by atoms with van der Waals surface area (Å²) in [6, 6.07) is 16.3. The van der Waals surface area contributed by atoms with E-state index in [9.17, 15) is 18.0 Å². The molecule has 3 nitrogen and oxygen atoms in total. The van der Waals surface area contributed by atoms with Gasteiger partial charge in [0.2, 0.25) is 0 Å². The van der Waals surface area contributed by atoms with E-state index in [1.807, 2.05) is 6.07 Å². The monoisotopic (exact) mass is 423 g/mol. The standard InChI is InChI=1S/C25H20F3NO2/c26-22-13-9-19(15-24(22)28)21-12-8-17(14-23(21)27)4-2-1-3-5-25(30)31-20-10-6-18(16-29)7-11-20/h6-15H,1-5H2. The van der Waals surface area contributed by atoms with Crippen molar-refractivity contribution in [3.8, 4) is 22.9 Å². The number of esters is 1. The summed E-state index contributed by atoms with van der Waals surface area (Å²) in [4.78, 5) is 11.9. The molecule has 0 radical (unpaired) electrons. The molecule has 3 rings (SSSR count). The second-order valence-corrected chi connectivity index (χ2v) is 7.11. The summed E-state index contributed by atoms with van der Waals surface area (Å²) in [5.74, 6) is -2.41. The molecule has 0 saturated heterocycles. The van der Waals surface area contributed by atoms with Crippen LogP contribution in [-0.4, -0.2) is 5.97 Å². The number of hydrogen-bond acceptors (Lipinski definition) is 3. The summed E-state index contributed by atoms with van der Waals surface area (Å²) in [7, 11) is 0. The lowest BCUT2D eigenvalue weighted by molar-refractivity contribution is -0.134. The molecule has 0 unspecified atom stereocenters. The molecule has 0 N–H and O–H groups in total. The molecule has 31 heavy (non-hydrogen) atoms. The van der Waals surface area contributed by atoms with Crippen molar-refractivity contribution in [3.63, 3.8) is 0 Å². The second-order valence-electron chi connectivity index (χ2n) is 7.11. The molecule has 0 bridgehead atoms. The molecular formula is C25H20F3NO2. The summed E-state index contributed by atoms with van der Waals surface area (Å²) in [6.45, 7) is 0. The van der Waals surface area contributed by atoms with E-state index in [0.717, 1.165) is 30.5 Å². The van der Waals surface area contributed by atoms with Crippen molar-refractivity contribution in [2.75, 3.05) is 0 Å². The fourth-order valence-corrected chi connectivity index (χ4v) is 3.17. The molecule has 0 saturated carbocycles. The van der Waals surface area contributed by atoms with E-state index >= 15 is 0 Å². The van der Waals surface area contributed by atoms with Gasteiger partial charge >= 0.3 is 5.97 Å². The highest BCUT2D eigenvalue weighted by Gasteiger charge is 2.10. The zero-order valence-corrected chi connectivity index (χ0v) is 16.7. The molecular weight excluding hydrogens is 403 g/mol. The smallest absolute Gasteiger partial charge is 0.311 e. The van der Waals surface area contributed by atoms with Crippen molar-refractivity contribution in [2.45, 2.75) is 32.1 Å². The predicted molar refractivity (Wildman–Crippen MR) is 111 cm³/mol. The molecule has 158 valence electrons. The first-order valence-corrected chi connectivity index (χ1v) is 9.91. The van der Waals surface area contributed by atoms with Crippen LogP contribution in [0.25, 0.3) is 11.1 Å². The first-order valence-electron chi connectivity index (χ1n) is 9.91. The van der Waals surface area contributed by atoms with Crippen LogP contribution in [0.4, 0.5) is 13.2 Å². The van der Waals surface area contributed by atoms with Gasteiger partial charge in [0, 0.05) is 12.0 Å². The number of ether oxygens (including phenoxy) is 1. The summed E-state index contributed by atoms with van der Waals surface area (Å²) in [6.07, 6.45) is 3.09. The van der Waals surface area contributed by atoms with Gasteiger partial charge < -0.3 is 4.74 Å². The molecule has 0 aliphatic rings. The average molecular weight is 423 g/mol. The van der Waals surface area contributed by atoms with Gasteiger partial charge in [-0.3, -0.25) is 4.79 Å². The molecule has 0 aliphatic carbocycles. The van der Waals surface area contributed by atoms with Crippen LogP contribution in [0, 0.1) is 28.8 Å². The molecule has 0 heterocycles. The normalized spacial score (nSPS) is 10.5. The zero-order chi connectivity index (χ0) is 22.2. The van der Waals surface area contributed by atoms with Gasteiger partial charge in [0.25, 0.3) is 0 Å². The highest BCUT2D eigenvalue weighted by atomic mass is 19.2. The first kappa shape index (κ1) is 22.1. The number of carbonyl (C=O) groups is 1. The number of nitriles is 1. The molecule has 3 aromatic carbocycles. The van der Waals surface area contributed by atoms with Gasteiger partial charge in [0.15, 0.2) is 11.6 Å². The minimum Gasteiger partial charge on any atom is -0.427 e. The Morgan fingerprint density at radius 3 is 2.29 bits per heavy atom. The summed E-state index contributed by atoms with van der Waals surface area (Å²) < 4.78 is 46.1. The molecule has 0 fully saturated rings. The predicted octanol–water partition coefficient (Wildman–Crippen LogP) is 6.35. The Bertz CT molecular complexity index is 1100. The van der Waals surface area contributed by atoms with Crippen molar-refractivity contribution < 1.29 is 22.7 Å². The highest BCUT2D eigenvalue weighted by molar-refractivity contribution is 5.72. The number of halogens is 3. The molecule has 6 heteroatoms. The third kappa shape index (κ3) is 6.19. The van der Waals surface area contributed by atoms with Crippen LogP contribution in [0.5, 0.6) is 5.75 Å². The lowest BCUT2D eigenvalue weighted by atomic mass is 10.00. The van der Waals surface area contributed by atoms with Crippen LogP contribution in [0.3, 0.4) is 0 Å². The maximum atomic E-state index is 14.4. The van der Waals surface area contributed by atoms with Crippen LogP contribution in [0.2, 0.25) is 0 Å². The first-order chi connectivity index (χ1) is 15.0. The van der Waals surface area contributed by atoms with Gasteiger partial charge in [-0.1, -0.05) is 24.6 Å². The van der Waals surface area contributed by atoms with Gasteiger partial charge in [-0.2, -0.15) is 5.26 Å². The molecule has 0 amide bonds. The van der Waals surface area contributed by atoms with Crippen LogP contribution in [-0.2, 0) is 11.2 Å². The summed E-state index contributed by atoms with van der Waals surface area (Å²) in [5.41, 5.74) is 1.79. The fourth-order valence-electron chi connectivity index (χ4n) is 3.17. The number of unbranched alkanes of at least 4 members (excludes halogenated alkanes) is 2. The Morgan fingerprint density at radius 1 is 0.839 bits per heavy atom. The highest BCUT2D eigenvalue weighted by Crippen LogP contribution is 2.26. The van der Waals surface area contributed by atoms with Gasteiger partial charge in [0.05, 0.1) is 11.6 Å². The third-order valence-electron chi connectivity index (χ3n) is 4.83. The summed E-state index contributed by atoms with van der Waals surface area (Å²) >= 11 is 0. The van der Waals surface area contributed by atoms with Gasteiger partial charge in [-0.05, 0) is 72.9 Å². The van der Waals surface area contributed by atoms with Crippen molar-refractivity contribution in [1.29, 1.82) is 5.26 Å². The third-order valence-corrected chi connectivity index (χ3v) is 4.83. The van der Waals surface area contributed by atoms with Crippen molar-refractivity contribution in [2.24, 2.45) is 0 Å². The van der Waals surface area contributed by atoms with Crippen LogP contribution in [0.1, 0.15) is 36.8 Å². The maximum Gasteiger partial charge on any atom is 0.311 e. The van der Waals surface area contributed by atoms with E-state index in [0.29, 0.717) is 24.2 Å². The van der Waals surface area contributed by atoms with Crippen molar-refractivity contribution >= 4 is 5.97 Å². The number of rotatable bonds is 8. The van der Waals surface area contributed by atoms with E-state index in [2.05, 4.69) is 0 Å². The molecule has 0 atom stereocenters.